The summed E-state index contributed by atoms with van der Waals surface area (Å²) in [5.74, 6) is 1.22. The van der Waals surface area contributed by atoms with E-state index in [4.69, 9.17) is 5.11 Å². The lowest BCUT2D eigenvalue weighted by Gasteiger charge is -2.34. The molecule has 1 aromatic heterocycles. The van der Waals surface area contributed by atoms with Gasteiger partial charge in [0, 0.05) is 18.1 Å². The molecule has 0 radical (unpaired) electrons. The molecule has 2 rings (SSSR count). The Morgan fingerprint density at radius 1 is 1.53 bits per heavy atom. The van der Waals surface area contributed by atoms with Crippen molar-refractivity contribution in [1.29, 1.82) is 0 Å². The Labute approximate surface area is 124 Å². The number of thiophene rings is 1. The van der Waals surface area contributed by atoms with Gasteiger partial charge in [-0.3, -0.25) is 9.59 Å². The third-order valence-corrected chi connectivity index (χ3v) is 6.00. The van der Waals surface area contributed by atoms with E-state index in [2.05, 4.69) is 0 Å². The van der Waals surface area contributed by atoms with Gasteiger partial charge in [-0.05, 0) is 11.4 Å². The van der Waals surface area contributed by atoms with E-state index in [9.17, 15) is 9.59 Å². The first kappa shape index (κ1) is 14.7. The van der Waals surface area contributed by atoms with Crippen molar-refractivity contribution in [3.05, 3.63) is 17.5 Å². The zero-order valence-electron chi connectivity index (χ0n) is 10.3. The molecular formula is C12H15NO3S3. The minimum absolute atomic E-state index is 0.0441. The second-order valence-corrected chi connectivity index (χ2v) is 7.51. The third-order valence-electron chi connectivity index (χ3n) is 2.79. The highest BCUT2D eigenvalue weighted by Crippen LogP contribution is 2.25. The fourth-order valence-electron chi connectivity index (χ4n) is 1.92. The lowest BCUT2D eigenvalue weighted by Crippen LogP contribution is -2.47. The van der Waals surface area contributed by atoms with Crippen molar-refractivity contribution >= 4 is 46.7 Å². The highest BCUT2D eigenvalue weighted by atomic mass is 32.2. The van der Waals surface area contributed by atoms with Crippen molar-refractivity contribution in [2.45, 2.75) is 16.7 Å². The normalized spacial score (nSPS) is 19.4. The van der Waals surface area contributed by atoms with Crippen LogP contribution in [0.2, 0.25) is 0 Å². The molecule has 1 aliphatic heterocycles. The largest absolute Gasteiger partial charge is 0.481 e. The van der Waals surface area contributed by atoms with E-state index in [0.717, 1.165) is 15.7 Å². The van der Waals surface area contributed by atoms with Crippen LogP contribution in [0.15, 0.2) is 21.7 Å². The van der Waals surface area contributed by atoms with E-state index in [0.29, 0.717) is 12.3 Å². The fourth-order valence-corrected chi connectivity index (χ4v) is 4.65. The molecule has 104 valence electrons. The van der Waals surface area contributed by atoms with E-state index in [-0.39, 0.29) is 18.4 Å². The number of hydrogen-bond acceptors (Lipinski definition) is 5. The summed E-state index contributed by atoms with van der Waals surface area (Å²) in [7, 11) is 0. The number of hydrogen-bond donors (Lipinski definition) is 1. The van der Waals surface area contributed by atoms with Crippen LogP contribution in [0.4, 0.5) is 0 Å². The van der Waals surface area contributed by atoms with Gasteiger partial charge in [0.1, 0.15) is 0 Å². The van der Waals surface area contributed by atoms with Crippen LogP contribution in [-0.2, 0) is 9.59 Å². The molecule has 1 N–H and O–H groups in total. The summed E-state index contributed by atoms with van der Waals surface area (Å²) in [4.78, 5) is 24.8. The molecule has 19 heavy (non-hydrogen) atoms. The Morgan fingerprint density at radius 3 is 3.05 bits per heavy atom. The third kappa shape index (κ3) is 4.43. The number of carbonyl (C=O) groups excluding carboxylic acids is 1. The molecule has 0 spiro atoms. The Kier molecular flexibility index (Phi) is 5.59. The second-order valence-electron chi connectivity index (χ2n) is 4.13. The van der Waals surface area contributed by atoms with Gasteiger partial charge in [-0.1, -0.05) is 6.07 Å². The predicted octanol–water partition coefficient (Wildman–Crippen LogP) is 2.26. The van der Waals surface area contributed by atoms with Gasteiger partial charge >= 0.3 is 5.97 Å². The minimum atomic E-state index is -0.837. The van der Waals surface area contributed by atoms with Gasteiger partial charge < -0.3 is 10.0 Å². The SMILES string of the molecule is O=C(O)CC1CSCCN1C(=O)CSc1cccs1. The van der Waals surface area contributed by atoms with Crippen LogP contribution < -0.4 is 0 Å². The number of carboxylic acid groups (broad SMARTS) is 1. The smallest absolute Gasteiger partial charge is 0.305 e. The monoisotopic (exact) mass is 317 g/mol. The number of carbonyl (C=O) groups is 2. The molecule has 0 aliphatic carbocycles. The number of amides is 1. The highest BCUT2D eigenvalue weighted by Gasteiger charge is 2.28. The van der Waals surface area contributed by atoms with Crippen LogP contribution in [0.5, 0.6) is 0 Å². The number of thioether (sulfide) groups is 2. The summed E-state index contributed by atoms with van der Waals surface area (Å²) in [5, 5.41) is 10.9. The van der Waals surface area contributed by atoms with Crippen molar-refractivity contribution < 1.29 is 14.7 Å². The molecule has 4 nitrogen and oxygen atoms in total. The summed E-state index contributed by atoms with van der Waals surface area (Å²) >= 11 is 4.86. The van der Waals surface area contributed by atoms with Crippen LogP contribution in [0, 0.1) is 0 Å². The summed E-state index contributed by atoms with van der Waals surface area (Å²) in [5.41, 5.74) is 0. The molecule has 1 fully saturated rings. The van der Waals surface area contributed by atoms with Crippen LogP contribution in [0.25, 0.3) is 0 Å². The van der Waals surface area contributed by atoms with Crippen molar-refractivity contribution in [2.75, 3.05) is 23.8 Å². The lowest BCUT2D eigenvalue weighted by molar-refractivity contribution is -0.139. The number of carboxylic acids is 1. The molecule has 1 atom stereocenters. The molecule has 1 unspecified atom stereocenters. The summed E-state index contributed by atoms with van der Waals surface area (Å²) in [6.07, 6.45) is 0.0441. The average Bonchev–Trinajstić information content (AvgIpc) is 2.89. The maximum absolute atomic E-state index is 12.2. The second kappa shape index (κ2) is 7.21. The minimum Gasteiger partial charge on any atom is -0.481 e. The molecule has 1 aliphatic rings. The van der Waals surface area contributed by atoms with E-state index in [1.54, 1.807) is 28.0 Å². The zero-order valence-corrected chi connectivity index (χ0v) is 12.7. The van der Waals surface area contributed by atoms with Gasteiger partial charge in [-0.2, -0.15) is 11.8 Å². The van der Waals surface area contributed by atoms with Gasteiger partial charge in [0.2, 0.25) is 5.91 Å². The van der Waals surface area contributed by atoms with Crippen LogP contribution in [-0.4, -0.2) is 51.7 Å². The first-order valence-corrected chi connectivity index (χ1v) is 8.94. The first-order chi connectivity index (χ1) is 9.16. The van der Waals surface area contributed by atoms with Crippen molar-refractivity contribution in [2.24, 2.45) is 0 Å². The Balaban J connectivity index is 1.89. The Hall–Kier alpha value is -0.660. The van der Waals surface area contributed by atoms with E-state index in [1.165, 1.54) is 11.8 Å². The topological polar surface area (TPSA) is 57.6 Å². The molecule has 0 bridgehead atoms. The van der Waals surface area contributed by atoms with Crippen molar-refractivity contribution in [3.63, 3.8) is 0 Å². The van der Waals surface area contributed by atoms with Gasteiger partial charge in [0.05, 0.1) is 22.4 Å². The number of nitrogens with zero attached hydrogens (tertiary/aromatic N) is 1. The van der Waals surface area contributed by atoms with Gasteiger partial charge in [-0.25, -0.2) is 0 Å². The molecule has 1 saturated heterocycles. The first-order valence-electron chi connectivity index (χ1n) is 5.92. The summed E-state index contributed by atoms with van der Waals surface area (Å²) < 4.78 is 1.12. The van der Waals surface area contributed by atoms with Gasteiger partial charge in [0.25, 0.3) is 0 Å². The van der Waals surface area contributed by atoms with Crippen LogP contribution >= 0.6 is 34.9 Å². The standard InChI is InChI=1S/C12H15NO3S3/c14-10(8-19-12-2-1-4-18-12)13-3-5-17-7-9(13)6-11(15)16/h1-2,4,9H,3,5-8H2,(H,15,16). The summed E-state index contributed by atoms with van der Waals surface area (Å²) in [6, 6.07) is 3.79. The maximum atomic E-state index is 12.2. The molecule has 7 heteroatoms. The summed E-state index contributed by atoms with van der Waals surface area (Å²) in [6.45, 7) is 0.659. The van der Waals surface area contributed by atoms with Crippen molar-refractivity contribution in [3.8, 4) is 0 Å². The van der Waals surface area contributed by atoms with Crippen LogP contribution in [0.3, 0.4) is 0 Å². The molecule has 2 heterocycles. The predicted molar refractivity (Wildman–Crippen MR) is 80.1 cm³/mol. The molecule has 0 aromatic carbocycles. The highest BCUT2D eigenvalue weighted by molar-refractivity contribution is 8.01. The quantitative estimate of drug-likeness (QED) is 0.844. The molecule has 0 saturated carbocycles. The van der Waals surface area contributed by atoms with Gasteiger partial charge in [0.15, 0.2) is 0 Å². The number of aliphatic carboxylic acids is 1. The van der Waals surface area contributed by atoms with E-state index in [1.807, 2.05) is 17.5 Å². The molecule has 1 amide bonds. The Morgan fingerprint density at radius 2 is 2.37 bits per heavy atom. The lowest BCUT2D eigenvalue weighted by atomic mass is 10.2. The van der Waals surface area contributed by atoms with Crippen molar-refractivity contribution in [1.82, 2.24) is 4.90 Å². The fraction of sp³-hybridized carbons (Fsp3) is 0.500. The van der Waals surface area contributed by atoms with E-state index >= 15 is 0 Å². The van der Waals surface area contributed by atoms with Gasteiger partial charge in [-0.15, -0.1) is 23.1 Å². The zero-order chi connectivity index (χ0) is 13.7. The van der Waals surface area contributed by atoms with Crippen LogP contribution in [0.1, 0.15) is 6.42 Å². The molecular weight excluding hydrogens is 302 g/mol. The Bertz CT molecular complexity index is 435. The van der Waals surface area contributed by atoms with E-state index < -0.39 is 5.97 Å². The maximum Gasteiger partial charge on any atom is 0.305 e. The molecule has 1 aromatic rings. The number of rotatable bonds is 5. The average molecular weight is 317 g/mol.